The molecule has 1 aromatic carbocycles. The predicted octanol–water partition coefficient (Wildman–Crippen LogP) is 1.14. The third-order valence-corrected chi connectivity index (χ3v) is 5.74. The number of nitrogens with one attached hydrogen (secondary N) is 1. The maximum absolute atomic E-state index is 13.2. The Hall–Kier alpha value is -3.50. The maximum Gasteiger partial charge on any atom is 0.261 e. The van der Waals surface area contributed by atoms with Crippen LogP contribution in [-0.2, 0) is 16.0 Å². The van der Waals surface area contributed by atoms with Crippen molar-refractivity contribution < 1.29 is 24.2 Å². The lowest BCUT2D eigenvalue weighted by Crippen LogP contribution is -2.37. The average molecular weight is 453 g/mol. The number of hydrogen-bond donors (Lipinski definition) is 3. The average Bonchev–Trinajstić information content (AvgIpc) is 3.15. The van der Waals surface area contributed by atoms with Gasteiger partial charge in [-0.15, -0.1) is 0 Å². The summed E-state index contributed by atoms with van der Waals surface area (Å²) in [5.41, 5.74) is 7.72. The summed E-state index contributed by atoms with van der Waals surface area (Å²) in [5, 5.41) is 12.7. The molecule has 10 heteroatoms. The molecule has 1 aromatic heterocycles. The Bertz CT molecular complexity index is 1100. The lowest BCUT2D eigenvalue weighted by atomic mass is 9.99. The Kier molecular flexibility index (Phi) is 6.30. The van der Waals surface area contributed by atoms with Crippen molar-refractivity contribution in [3.63, 3.8) is 0 Å². The van der Waals surface area contributed by atoms with Crippen LogP contribution in [0.3, 0.4) is 0 Å². The number of anilines is 2. The van der Waals surface area contributed by atoms with Gasteiger partial charge in [0.05, 0.1) is 42.3 Å². The summed E-state index contributed by atoms with van der Waals surface area (Å²) < 4.78 is 11.5. The van der Waals surface area contributed by atoms with Gasteiger partial charge in [-0.2, -0.15) is 0 Å². The van der Waals surface area contributed by atoms with E-state index in [-0.39, 0.29) is 23.8 Å². The minimum Gasteiger partial charge on any atom is -0.484 e. The van der Waals surface area contributed by atoms with Crippen molar-refractivity contribution in [1.29, 1.82) is 0 Å². The molecule has 0 aliphatic carbocycles. The van der Waals surface area contributed by atoms with Crippen LogP contribution in [0.15, 0.2) is 30.7 Å². The van der Waals surface area contributed by atoms with Crippen LogP contribution >= 0.6 is 0 Å². The molecule has 2 aliphatic heterocycles. The number of rotatable bonds is 6. The zero-order chi connectivity index (χ0) is 23.6. The van der Waals surface area contributed by atoms with Crippen molar-refractivity contribution in [3.8, 4) is 5.75 Å². The van der Waals surface area contributed by atoms with E-state index in [0.29, 0.717) is 49.7 Å². The first-order valence-corrected chi connectivity index (χ1v) is 10.7. The molecule has 3 heterocycles. The van der Waals surface area contributed by atoms with Gasteiger partial charge in [-0.25, -0.2) is 9.97 Å². The van der Waals surface area contributed by atoms with E-state index < -0.39 is 11.5 Å². The van der Waals surface area contributed by atoms with Crippen molar-refractivity contribution in [2.75, 3.05) is 43.1 Å². The summed E-state index contributed by atoms with van der Waals surface area (Å²) in [7, 11) is 0. The van der Waals surface area contributed by atoms with Gasteiger partial charge in [-0.05, 0) is 19.9 Å². The van der Waals surface area contributed by atoms with Crippen LogP contribution in [0.25, 0.3) is 5.57 Å². The molecule has 1 amide bonds. The Morgan fingerprint density at radius 1 is 1.27 bits per heavy atom. The molecule has 174 valence electrons. The zero-order valence-corrected chi connectivity index (χ0v) is 18.6. The fraction of sp³-hybridized carbons (Fsp3) is 0.391. The second-order valence-electron chi connectivity index (χ2n) is 8.35. The number of amides is 1. The Morgan fingerprint density at radius 3 is 2.58 bits per heavy atom. The molecule has 1 fully saturated rings. The van der Waals surface area contributed by atoms with E-state index in [2.05, 4.69) is 20.2 Å². The summed E-state index contributed by atoms with van der Waals surface area (Å²) in [5.74, 6) is 0.148. The largest absolute Gasteiger partial charge is 0.484 e. The number of ketones is 1. The smallest absolute Gasteiger partial charge is 0.261 e. The van der Waals surface area contributed by atoms with E-state index in [1.807, 2.05) is 19.1 Å². The number of aliphatic hydroxyl groups excluding tert-OH is 1. The molecule has 0 spiro atoms. The summed E-state index contributed by atoms with van der Waals surface area (Å²) in [6.07, 6.45) is 4.39. The fourth-order valence-corrected chi connectivity index (χ4v) is 3.90. The van der Waals surface area contributed by atoms with Crippen LogP contribution in [-0.4, -0.2) is 65.3 Å². The SMILES string of the molecule is CC(=O)c1cnc(/C(=C\N)C(=O)Nc2cc3c(cc2N2CCOCC2)O[C@](C)(CO)C3)nc1. The number of aromatic nitrogens is 2. The van der Waals surface area contributed by atoms with Crippen LogP contribution in [0.4, 0.5) is 11.4 Å². The standard InChI is InChI=1S/C23H27N5O5/c1-14(30)16-11-25-21(26-12-16)17(10-24)22(31)27-18-7-15-9-23(2,13-29)33-20(15)8-19(18)28-3-5-32-6-4-28/h7-8,10-12,29H,3-6,9,13,24H2,1-2H3,(H,27,31)/b17-10+/t23-/m0/s1. The molecule has 2 aromatic rings. The van der Waals surface area contributed by atoms with Crippen LogP contribution in [0.5, 0.6) is 5.75 Å². The number of ether oxygens (including phenoxy) is 2. The van der Waals surface area contributed by atoms with Crippen LogP contribution in [0, 0.1) is 0 Å². The van der Waals surface area contributed by atoms with Gasteiger partial charge in [0.1, 0.15) is 11.4 Å². The molecule has 1 saturated heterocycles. The van der Waals surface area contributed by atoms with Crippen LogP contribution in [0.1, 0.15) is 35.6 Å². The minimum absolute atomic E-state index is 0.0787. The molecule has 33 heavy (non-hydrogen) atoms. The molecule has 4 rings (SSSR count). The first-order chi connectivity index (χ1) is 15.8. The summed E-state index contributed by atoms with van der Waals surface area (Å²) >= 11 is 0. The maximum atomic E-state index is 13.2. The number of carbonyl (C=O) groups is 2. The predicted molar refractivity (Wildman–Crippen MR) is 122 cm³/mol. The van der Waals surface area contributed by atoms with E-state index in [4.69, 9.17) is 15.2 Å². The van der Waals surface area contributed by atoms with Crippen LogP contribution < -0.4 is 20.7 Å². The monoisotopic (exact) mass is 453 g/mol. The van der Waals surface area contributed by atoms with Crippen molar-refractivity contribution in [2.45, 2.75) is 25.9 Å². The second-order valence-corrected chi connectivity index (χ2v) is 8.35. The first-order valence-electron chi connectivity index (χ1n) is 10.7. The zero-order valence-electron chi connectivity index (χ0n) is 18.6. The first kappa shape index (κ1) is 22.7. The molecule has 4 N–H and O–H groups in total. The highest BCUT2D eigenvalue weighted by Gasteiger charge is 2.36. The number of nitrogens with two attached hydrogens (primary N) is 1. The van der Waals surface area contributed by atoms with Crippen molar-refractivity contribution in [3.05, 3.63) is 47.7 Å². The molecule has 0 bridgehead atoms. The van der Waals surface area contributed by atoms with Gasteiger partial charge in [0.25, 0.3) is 5.91 Å². The Morgan fingerprint density at radius 2 is 1.97 bits per heavy atom. The van der Waals surface area contributed by atoms with E-state index in [1.54, 1.807) is 0 Å². The van der Waals surface area contributed by atoms with E-state index in [0.717, 1.165) is 17.5 Å². The highest BCUT2D eigenvalue weighted by molar-refractivity contribution is 6.24. The quantitative estimate of drug-likeness (QED) is 0.434. The van der Waals surface area contributed by atoms with Gasteiger partial charge in [0.15, 0.2) is 11.6 Å². The molecule has 0 saturated carbocycles. The summed E-state index contributed by atoms with van der Waals surface area (Å²) in [6, 6.07) is 3.76. The number of carbonyl (C=O) groups excluding carboxylic acids is 2. The van der Waals surface area contributed by atoms with Gasteiger partial charge in [-0.1, -0.05) is 0 Å². The van der Waals surface area contributed by atoms with Gasteiger partial charge < -0.3 is 30.5 Å². The topological polar surface area (TPSA) is 140 Å². The van der Waals surface area contributed by atoms with E-state index in [9.17, 15) is 14.7 Å². The highest BCUT2D eigenvalue weighted by atomic mass is 16.5. The number of nitrogens with zero attached hydrogens (tertiary/aromatic N) is 3. The second kappa shape index (κ2) is 9.16. The van der Waals surface area contributed by atoms with Gasteiger partial charge in [-0.3, -0.25) is 9.59 Å². The fourth-order valence-electron chi connectivity index (χ4n) is 3.90. The lowest BCUT2D eigenvalue weighted by molar-refractivity contribution is -0.111. The molecule has 1 atom stereocenters. The highest BCUT2D eigenvalue weighted by Crippen LogP contribution is 2.42. The normalized spacial score (nSPS) is 20.2. The van der Waals surface area contributed by atoms with Crippen molar-refractivity contribution in [2.24, 2.45) is 5.73 Å². The summed E-state index contributed by atoms with van der Waals surface area (Å²) in [6.45, 7) is 5.61. The van der Waals surface area contributed by atoms with Crippen LogP contribution in [0.2, 0.25) is 0 Å². The third-order valence-electron chi connectivity index (χ3n) is 5.74. The number of Topliss-reactive ketones (excluding diaryl/α,β-unsaturated/α-hetero) is 1. The van der Waals surface area contributed by atoms with Crippen molar-refractivity contribution >= 4 is 28.6 Å². The van der Waals surface area contributed by atoms with Crippen molar-refractivity contribution in [1.82, 2.24) is 9.97 Å². The molecule has 0 radical (unpaired) electrons. The van der Waals surface area contributed by atoms with Gasteiger partial charge >= 0.3 is 0 Å². The molecular weight excluding hydrogens is 426 g/mol. The third kappa shape index (κ3) is 4.67. The Labute approximate surface area is 191 Å². The molecular formula is C23H27N5O5. The molecule has 10 nitrogen and oxygen atoms in total. The minimum atomic E-state index is -0.706. The number of aliphatic hydroxyl groups is 1. The van der Waals surface area contributed by atoms with Gasteiger partial charge in [0.2, 0.25) is 0 Å². The van der Waals surface area contributed by atoms with Gasteiger partial charge in [0, 0.05) is 49.7 Å². The van der Waals surface area contributed by atoms with E-state index >= 15 is 0 Å². The number of fused-ring (bicyclic) bond motifs is 1. The Balaban J connectivity index is 1.65. The number of benzene rings is 1. The lowest BCUT2D eigenvalue weighted by Gasteiger charge is -2.31. The molecule has 0 unspecified atom stereocenters. The molecule has 2 aliphatic rings. The number of morpholine rings is 1. The summed E-state index contributed by atoms with van der Waals surface area (Å²) in [4.78, 5) is 35.0. The van der Waals surface area contributed by atoms with E-state index in [1.165, 1.54) is 19.3 Å². The number of hydrogen-bond acceptors (Lipinski definition) is 9.